The van der Waals surface area contributed by atoms with Crippen molar-refractivity contribution in [2.45, 2.75) is 25.7 Å². The molecule has 0 atom stereocenters. The van der Waals surface area contributed by atoms with Gasteiger partial charge in [-0.05, 0) is 49.4 Å². The molecule has 22 heavy (non-hydrogen) atoms. The number of phenolic OH excluding ortho intramolecular Hbond substituents is 1. The first-order chi connectivity index (χ1) is 10.7. The quantitative estimate of drug-likeness (QED) is 0.872. The number of hydrogen-bond acceptors (Lipinski definition) is 5. The van der Waals surface area contributed by atoms with Gasteiger partial charge in [0.2, 0.25) is 0 Å². The highest BCUT2D eigenvalue weighted by Gasteiger charge is 2.20. The zero-order valence-electron chi connectivity index (χ0n) is 12.3. The second-order valence-electron chi connectivity index (χ2n) is 5.19. The molecule has 1 heterocycles. The minimum atomic E-state index is 0.143. The lowest BCUT2D eigenvalue weighted by Gasteiger charge is -2.09. The molecule has 1 aromatic heterocycles. The van der Waals surface area contributed by atoms with Crippen molar-refractivity contribution < 1.29 is 9.84 Å². The number of nitriles is 1. The molecular formula is C17H16N2O2S. The van der Waals surface area contributed by atoms with E-state index in [0.29, 0.717) is 16.9 Å². The van der Waals surface area contributed by atoms with Gasteiger partial charge in [-0.2, -0.15) is 5.26 Å². The fraction of sp³-hybridized carbons (Fsp3) is 0.294. The lowest BCUT2D eigenvalue weighted by molar-refractivity contribution is 0.412. The van der Waals surface area contributed by atoms with Crippen LogP contribution in [0.25, 0.3) is 0 Å². The van der Waals surface area contributed by atoms with Gasteiger partial charge >= 0.3 is 0 Å². The zero-order chi connectivity index (χ0) is 15.5. The number of ether oxygens (including phenoxy) is 1. The molecule has 2 aromatic rings. The maximum atomic E-state index is 9.89. The van der Waals surface area contributed by atoms with Crippen molar-refractivity contribution in [1.29, 1.82) is 5.26 Å². The van der Waals surface area contributed by atoms with Gasteiger partial charge in [0.15, 0.2) is 0 Å². The minimum absolute atomic E-state index is 0.143. The summed E-state index contributed by atoms with van der Waals surface area (Å²) in [5.74, 6) is 0.801. The Bertz CT molecular complexity index is 772. The highest BCUT2D eigenvalue weighted by Crippen LogP contribution is 2.39. The van der Waals surface area contributed by atoms with Gasteiger partial charge in [0, 0.05) is 16.7 Å². The third-order valence-corrected chi connectivity index (χ3v) is 5.02. The fourth-order valence-corrected chi connectivity index (χ4v) is 3.83. The van der Waals surface area contributed by atoms with Gasteiger partial charge in [0.05, 0.1) is 12.7 Å². The van der Waals surface area contributed by atoms with Crippen LogP contribution in [0.5, 0.6) is 11.5 Å². The lowest BCUT2D eigenvalue weighted by Crippen LogP contribution is -1.99. The number of fused-ring (bicyclic) bond motifs is 1. The third kappa shape index (κ3) is 2.70. The molecule has 0 unspecified atom stereocenters. The molecule has 0 amide bonds. The number of hydrogen-bond donors (Lipinski definition) is 1. The van der Waals surface area contributed by atoms with Crippen LogP contribution in [0.2, 0.25) is 0 Å². The summed E-state index contributed by atoms with van der Waals surface area (Å²) in [7, 11) is 1.58. The van der Waals surface area contributed by atoms with Gasteiger partial charge in [0.25, 0.3) is 0 Å². The molecule has 4 nitrogen and oxygen atoms in total. The summed E-state index contributed by atoms with van der Waals surface area (Å²) in [6.07, 6.45) is 5.91. The maximum Gasteiger partial charge on any atom is 0.134 e. The van der Waals surface area contributed by atoms with E-state index in [1.807, 2.05) is 0 Å². The number of methoxy groups -OCH3 is 1. The average Bonchev–Trinajstić information content (AvgIpc) is 2.91. The second kappa shape index (κ2) is 6.20. The Hall–Kier alpha value is -2.32. The van der Waals surface area contributed by atoms with Crippen molar-refractivity contribution in [3.8, 4) is 17.6 Å². The smallest absolute Gasteiger partial charge is 0.134 e. The number of aryl methyl sites for hydroxylation is 1. The summed E-state index contributed by atoms with van der Waals surface area (Å²) >= 11 is 1.59. The maximum absolute atomic E-state index is 9.89. The Morgan fingerprint density at radius 2 is 2.18 bits per heavy atom. The van der Waals surface area contributed by atoms with E-state index in [4.69, 9.17) is 4.74 Å². The van der Waals surface area contributed by atoms with Gasteiger partial charge in [-0.1, -0.05) is 0 Å². The summed E-state index contributed by atoms with van der Waals surface area (Å²) < 4.78 is 5.15. The number of rotatable bonds is 3. The molecule has 1 aliphatic rings. The Morgan fingerprint density at radius 1 is 1.36 bits per heavy atom. The Balaban J connectivity index is 1.96. The highest BCUT2D eigenvalue weighted by atomic mass is 32.1. The predicted molar refractivity (Wildman–Crippen MR) is 87.6 cm³/mol. The van der Waals surface area contributed by atoms with E-state index in [1.165, 1.54) is 16.9 Å². The molecule has 112 valence electrons. The van der Waals surface area contributed by atoms with E-state index in [2.05, 4.69) is 11.1 Å². The number of phenols is 1. The van der Waals surface area contributed by atoms with Gasteiger partial charge in [0.1, 0.15) is 22.6 Å². The molecule has 1 aliphatic carbocycles. The first-order valence-corrected chi connectivity index (χ1v) is 8.00. The van der Waals surface area contributed by atoms with Crippen LogP contribution in [0.4, 0.5) is 5.00 Å². The van der Waals surface area contributed by atoms with Crippen molar-refractivity contribution in [3.63, 3.8) is 0 Å². The van der Waals surface area contributed by atoms with Crippen LogP contribution < -0.4 is 4.74 Å². The Labute approximate surface area is 133 Å². The van der Waals surface area contributed by atoms with E-state index in [9.17, 15) is 10.4 Å². The van der Waals surface area contributed by atoms with Crippen LogP contribution in [-0.4, -0.2) is 18.4 Å². The fourth-order valence-electron chi connectivity index (χ4n) is 2.65. The number of aromatic hydroxyl groups is 1. The first-order valence-electron chi connectivity index (χ1n) is 7.18. The molecule has 0 saturated carbocycles. The standard InChI is InChI=1S/C17H16N2O2S/c1-21-12-6-7-15(20)11(8-12)10-19-17-14(9-18)13-4-2-3-5-16(13)22-17/h6-8,10,20H,2-5H2,1H3/b19-10+. The minimum Gasteiger partial charge on any atom is -0.507 e. The van der Waals surface area contributed by atoms with E-state index in [0.717, 1.165) is 24.3 Å². The Kier molecular flexibility index (Phi) is 4.12. The predicted octanol–water partition coefficient (Wildman–Crippen LogP) is 3.96. The van der Waals surface area contributed by atoms with Crippen molar-refractivity contribution >= 4 is 22.6 Å². The SMILES string of the molecule is COc1ccc(O)c(/C=N/c2sc3c(c2C#N)CCCC3)c1. The summed E-state index contributed by atoms with van der Waals surface area (Å²) in [5, 5.41) is 20.0. The zero-order valence-corrected chi connectivity index (χ0v) is 13.1. The van der Waals surface area contributed by atoms with Crippen molar-refractivity contribution in [2.24, 2.45) is 4.99 Å². The molecule has 1 N–H and O–H groups in total. The number of aliphatic imine (C=N–C) groups is 1. The third-order valence-electron chi connectivity index (χ3n) is 3.82. The molecule has 0 spiro atoms. The monoisotopic (exact) mass is 312 g/mol. The molecule has 0 radical (unpaired) electrons. The van der Waals surface area contributed by atoms with Crippen molar-refractivity contribution in [3.05, 3.63) is 39.8 Å². The number of nitrogens with zero attached hydrogens (tertiary/aromatic N) is 2. The van der Waals surface area contributed by atoms with Crippen LogP contribution in [-0.2, 0) is 12.8 Å². The van der Waals surface area contributed by atoms with Crippen LogP contribution in [0, 0.1) is 11.3 Å². The second-order valence-corrected chi connectivity index (χ2v) is 6.27. The highest BCUT2D eigenvalue weighted by molar-refractivity contribution is 7.16. The first kappa shape index (κ1) is 14.6. The van der Waals surface area contributed by atoms with E-state index in [1.54, 1.807) is 42.9 Å². The van der Waals surface area contributed by atoms with Gasteiger partial charge < -0.3 is 9.84 Å². The van der Waals surface area contributed by atoms with E-state index < -0.39 is 0 Å². The van der Waals surface area contributed by atoms with Gasteiger partial charge in [-0.15, -0.1) is 11.3 Å². The molecular weight excluding hydrogens is 296 g/mol. The van der Waals surface area contributed by atoms with Crippen LogP contribution in [0.3, 0.4) is 0 Å². The molecule has 0 saturated heterocycles. The summed E-state index contributed by atoms with van der Waals surface area (Å²) in [6, 6.07) is 7.27. The van der Waals surface area contributed by atoms with Crippen LogP contribution in [0.15, 0.2) is 23.2 Å². The van der Waals surface area contributed by atoms with E-state index >= 15 is 0 Å². The topological polar surface area (TPSA) is 65.6 Å². The van der Waals surface area contributed by atoms with Gasteiger partial charge in [-0.25, -0.2) is 4.99 Å². The van der Waals surface area contributed by atoms with E-state index in [-0.39, 0.29) is 5.75 Å². The molecule has 0 aliphatic heterocycles. The summed E-state index contributed by atoms with van der Waals surface area (Å²) in [6.45, 7) is 0. The van der Waals surface area contributed by atoms with Crippen LogP contribution >= 0.6 is 11.3 Å². The van der Waals surface area contributed by atoms with Crippen molar-refractivity contribution in [2.75, 3.05) is 7.11 Å². The molecule has 3 rings (SSSR count). The summed E-state index contributed by atoms with van der Waals surface area (Å²) in [4.78, 5) is 5.73. The molecule has 0 fully saturated rings. The molecule has 5 heteroatoms. The van der Waals surface area contributed by atoms with Crippen LogP contribution in [0.1, 0.15) is 34.4 Å². The number of benzene rings is 1. The van der Waals surface area contributed by atoms with Gasteiger partial charge in [-0.3, -0.25) is 0 Å². The normalized spacial score (nSPS) is 13.8. The number of thiophene rings is 1. The molecule has 0 bridgehead atoms. The largest absolute Gasteiger partial charge is 0.507 e. The van der Waals surface area contributed by atoms with Crippen molar-refractivity contribution in [1.82, 2.24) is 0 Å². The lowest BCUT2D eigenvalue weighted by atomic mass is 9.96. The Morgan fingerprint density at radius 3 is 2.95 bits per heavy atom. The average molecular weight is 312 g/mol. The molecule has 1 aromatic carbocycles. The summed E-state index contributed by atoms with van der Waals surface area (Å²) in [5.41, 5.74) is 2.44.